The molecular formula is C15H17NO2. The van der Waals surface area contributed by atoms with Crippen LogP contribution in [0.4, 0.5) is 5.69 Å². The number of benzene rings is 1. The van der Waals surface area contributed by atoms with Gasteiger partial charge >= 0.3 is 0 Å². The fourth-order valence-electron chi connectivity index (χ4n) is 1.91. The monoisotopic (exact) mass is 243 g/mol. The summed E-state index contributed by atoms with van der Waals surface area (Å²) in [5.41, 5.74) is 1.84. The van der Waals surface area contributed by atoms with Crippen molar-refractivity contribution in [2.75, 3.05) is 31.2 Å². The number of hydrogen-bond donors (Lipinski definition) is 0. The lowest BCUT2D eigenvalue weighted by molar-refractivity contribution is 0.104. The average Bonchev–Trinajstić information content (AvgIpc) is 2.46. The molecular weight excluding hydrogens is 226 g/mol. The number of ketones is 1. The summed E-state index contributed by atoms with van der Waals surface area (Å²) in [6.45, 7) is 6.89. The van der Waals surface area contributed by atoms with E-state index in [1.165, 1.54) is 6.08 Å². The van der Waals surface area contributed by atoms with Gasteiger partial charge in [0, 0.05) is 24.3 Å². The highest BCUT2D eigenvalue weighted by molar-refractivity contribution is 6.04. The highest BCUT2D eigenvalue weighted by atomic mass is 16.5. The Bertz CT molecular complexity index is 442. The summed E-state index contributed by atoms with van der Waals surface area (Å²) in [5.74, 6) is 0.00317. The Kier molecular flexibility index (Phi) is 4.31. The number of morpholine rings is 1. The Balaban J connectivity index is 2.07. The Morgan fingerprint density at radius 3 is 2.50 bits per heavy atom. The Morgan fingerprint density at radius 2 is 1.89 bits per heavy atom. The Morgan fingerprint density at radius 1 is 1.22 bits per heavy atom. The van der Waals surface area contributed by atoms with Gasteiger partial charge in [0.1, 0.15) is 0 Å². The molecule has 1 saturated heterocycles. The van der Waals surface area contributed by atoms with E-state index >= 15 is 0 Å². The molecule has 0 spiro atoms. The third-order valence-electron chi connectivity index (χ3n) is 2.91. The van der Waals surface area contributed by atoms with Crippen LogP contribution in [0.3, 0.4) is 0 Å². The van der Waals surface area contributed by atoms with E-state index in [0.29, 0.717) is 5.56 Å². The lowest BCUT2D eigenvalue weighted by atomic mass is 10.1. The molecule has 18 heavy (non-hydrogen) atoms. The molecule has 1 aliphatic heterocycles. The van der Waals surface area contributed by atoms with Crippen molar-refractivity contribution in [2.24, 2.45) is 0 Å². The van der Waals surface area contributed by atoms with E-state index in [2.05, 4.69) is 11.5 Å². The van der Waals surface area contributed by atoms with Crippen LogP contribution in [0.1, 0.15) is 10.4 Å². The first kappa shape index (κ1) is 12.6. The second-order valence-corrected chi connectivity index (χ2v) is 4.11. The molecule has 0 aromatic heterocycles. The van der Waals surface area contributed by atoms with Gasteiger partial charge in [-0.15, -0.1) is 0 Å². The van der Waals surface area contributed by atoms with Gasteiger partial charge < -0.3 is 9.64 Å². The van der Waals surface area contributed by atoms with Gasteiger partial charge in [0.2, 0.25) is 0 Å². The summed E-state index contributed by atoms with van der Waals surface area (Å²) in [4.78, 5) is 14.0. The quantitative estimate of drug-likeness (QED) is 0.462. The molecule has 0 saturated carbocycles. The standard InChI is InChI=1S/C15H17NO2/c1-2-3-4-15(17)13-5-7-14(8-6-13)16-9-11-18-12-10-16/h2-8H,1,9-12H2. The van der Waals surface area contributed by atoms with Crippen molar-refractivity contribution in [1.29, 1.82) is 0 Å². The van der Waals surface area contributed by atoms with Gasteiger partial charge in [0.25, 0.3) is 0 Å². The number of anilines is 1. The topological polar surface area (TPSA) is 29.5 Å². The third-order valence-corrected chi connectivity index (χ3v) is 2.91. The maximum atomic E-state index is 11.7. The fourth-order valence-corrected chi connectivity index (χ4v) is 1.91. The zero-order valence-electron chi connectivity index (χ0n) is 10.3. The van der Waals surface area contributed by atoms with Gasteiger partial charge in [-0.3, -0.25) is 4.79 Å². The lowest BCUT2D eigenvalue weighted by Crippen LogP contribution is -2.36. The molecule has 1 aliphatic rings. The molecule has 2 rings (SSSR count). The first-order valence-electron chi connectivity index (χ1n) is 6.07. The van der Waals surface area contributed by atoms with Crippen molar-refractivity contribution in [3.05, 3.63) is 54.6 Å². The van der Waals surface area contributed by atoms with Crippen molar-refractivity contribution < 1.29 is 9.53 Å². The van der Waals surface area contributed by atoms with Crippen molar-refractivity contribution in [1.82, 2.24) is 0 Å². The minimum atomic E-state index is 0.00317. The van der Waals surface area contributed by atoms with Gasteiger partial charge in [-0.25, -0.2) is 0 Å². The molecule has 0 amide bonds. The SMILES string of the molecule is C=CC=CC(=O)c1ccc(N2CCOCC2)cc1. The highest BCUT2D eigenvalue weighted by Gasteiger charge is 2.11. The number of hydrogen-bond acceptors (Lipinski definition) is 3. The molecule has 0 N–H and O–H groups in total. The van der Waals surface area contributed by atoms with Crippen molar-refractivity contribution >= 4 is 11.5 Å². The number of allylic oxidation sites excluding steroid dienone is 3. The van der Waals surface area contributed by atoms with E-state index < -0.39 is 0 Å². The fraction of sp³-hybridized carbons (Fsp3) is 0.267. The predicted molar refractivity (Wildman–Crippen MR) is 73.1 cm³/mol. The molecule has 0 aliphatic carbocycles. The average molecular weight is 243 g/mol. The lowest BCUT2D eigenvalue weighted by Gasteiger charge is -2.28. The largest absolute Gasteiger partial charge is 0.378 e. The molecule has 0 atom stereocenters. The molecule has 3 nitrogen and oxygen atoms in total. The molecule has 1 fully saturated rings. The number of carbonyl (C=O) groups is 1. The van der Waals surface area contributed by atoms with Crippen LogP contribution in [0.15, 0.2) is 49.1 Å². The summed E-state index contributed by atoms with van der Waals surface area (Å²) in [7, 11) is 0. The number of rotatable bonds is 4. The number of carbonyl (C=O) groups excluding carboxylic acids is 1. The minimum Gasteiger partial charge on any atom is -0.378 e. The maximum absolute atomic E-state index is 11.7. The van der Waals surface area contributed by atoms with Crippen LogP contribution in [0, 0.1) is 0 Å². The molecule has 1 aromatic carbocycles. The predicted octanol–water partition coefficient (Wildman–Crippen LogP) is 2.45. The summed E-state index contributed by atoms with van der Waals surface area (Å²) in [5, 5.41) is 0. The summed E-state index contributed by atoms with van der Waals surface area (Å²) in [6.07, 6.45) is 4.77. The van der Waals surface area contributed by atoms with Crippen molar-refractivity contribution in [2.45, 2.75) is 0 Å². The van der Waals surface area contributed by atoms with Gasteiger partial charge in [0.05, 0.1) is 13.2 Å². The van der Waals surface area contributed by atoms with Crippen LogP contribution in [-0.2, 0) is 4.74 Å². The van der Waals surface area contributed by atoms with E-state index in [-0.39, 0.29) is 5.78 Å². The van der Waals surface area contributed by atoms with Crippen LogP contribution < -0.4 is 4.90 Å². The van der Waals surface area contributed by atoms with Crippen LogP contribution in [0.5, 0.6) is 0 Å². The molecule has 94 valence electrons. The van der Waals surface area contributed by atoms with Crippen LogP contribution in [0.2, 0.25) is 0 Å². The zero-order valence-corrected chi connectivity index (χ0v) is 10.3. The molecule has 0 radical (unpaired) electrons. The van der Waals surface area contributed by atoms with Crippen LogP contribution in [-0.4, -0.2) is 32.1 Å². The number of ether oxygens (including phenoxy) is 1. The summed E-state index contributed by atoms with van der Waals surface area (Å²) >= 11 is 0. The van der Waals surface area contributed by atoms with Crippen LogP contribution >= 0.6 is 0 Å². The molecule has 1 aromatic rings. The van der Waals surface area contributed by atoms with Crippen LogP contribution in [0.25, 0.3) is 0 Å². The summed E-state index contributed by atoms with van der Waals surface area (Å²) in [6, 6.07) is 7.70. The molecule has 1 heterocycles. The minimum absolute atomic E-state index is 0.00317. The molecule has 3 heteroatoms. The van der Waals surface area contributed by atoms with Gasteiger partial charge in [-0.2, -0.15) is 0 Å². The molecule has 0 unspecified atom stereocenters. The second kappa shape index (κ2) is 6.17. The Labute approximate surface area is 107 Å². The third kappa shape index (κ3) is 3.08. The first-order chi connectivity index (χ1) is 8.81. The van der Waals surface area contributed by atoms with Crippen molar-refractivity contribution in [3.63, 3.8) is 0 Å². The van der Waals surface area contributed by atoms with Gasteiger partial charge in [-0.1, -0.05) is 18.7 Å². The molecule has 0 bridgehead atoms. The second-order valence-electron chi connectivity index (χ2n) is 4.11. The van der Waals surface area contributed by atoms with Gasteiger partial charge in [0.15, 0.2) is 5.78 Å². The maximum Gasteiger partial charge on any atom is 0.185 e. The van der Waals surface area contributed by atoms with E-state index in [0.717, 1.165) is 32.0 Å². The normalized spacial score (nSPS) is 15.9. The smallest absolute Gasteiger partial charge is 0.185 e. The first-order valence-corrected chi connectivity index (χ1v) is 6.07. The van der Waals surface area contributed by atoms with Gasteiger partial charge in [-0.05, 0) is 30.3 Å². The van der Waals surface area contributed by atoms with E-state index in [1.54, 1.807) is 12.2 Å². The van der Waals surface area contributed by atoms with E-state index in [1.807, 2.05) is 24.3 Å². The van der Waals surface area contributed by atoms with E-state index in [9.17, 15) is 4.79 Å². The Hall–Kier alpha value is -1.87. The highest BCUT2D eigenvalue weighted by Crippen LogP contribution is 2.17. The van der Waals surface area contributed by atoms with Crippen molar-refractivity contribution in [3.8, 4) is 0 Å². The number of nitrogens with zero attached hydrogens (tertiary/aromatic N) is 1. The summed E-state index contributed by atoms with van der Waals surface area (Å²) < 4.78 is 5.31. The zero-order chi connectivity index (χ0) is 12.8. The van der Waals surface area contributed by atoms with E-state index in [4.69, 9.17) is 4.74 Å².